The lowest BCUT2D eigenvalue weighted by molar-refractivity contribution is -0.139. The van der Waals surface area contributed by atoms with Gasteiger partial charge in [-0.3, -0.25) is 14.4 Å². The molecule has 2 aromatic rings. The van der Waals surface area contributed by atoms with E-state index < -0.39 is 18.3 Å². The molecular weight excluding hydrogens is 483 g/mol. The van der Waals surface area contributed by atoms with E-state index in [9.17, 15) is 19.5 Å². The normalized spacial score (nSPS) is 13.9. The van der Waals surface area contributed by atoms with Crippen LogP contribution in [0.25, 0.3) is 0 Å². The number of carboxylic acid groups (broad SMARTS) is 1. The van der Waals surface area contributed by atoms with Gasteiger partial charge in [-0.15, -0.1) is 0 Å². The number of aliphatic carboxylic acids is 1. The van der Waals surface area contributed by atoms with E-state index in [-0.39, 0.29) is 50.5 Å². The van der Waals surface area contributed by atoms with Gasteiger partial charge in [-0.1, -0.05) is 42.5 Å². The van der Waals surface area contributed by atoms with Crippen molar-refractivity contribution in [3.05, 3.63) is 45.9 Å². The van der Waals surface area contributed by atoms with Gasteiger partial charge in [0.25, 0.3) is 5.91 Å². The Morgan fingerprint density at radius 2 is 1.74 bits per heavy atom. The second kappa shape index (κ2) is 11.4. The van der Waals surface area contributed by atoms with Crippen molar-refractivity contribution in [1.82, 2.24) is 4.90 Å². The van der Waals surface area contributed by atoms with E-state index in [1.54, 1.807) is 4.90 Å². The van der Waals surface area contributed by atoms with Gasteiger partial charge >= 0.3 is 5.97 Å². The Morgan fingerprint density at radius 3 is 2.32 bits per heavy atom. The van der Waals surface area contributed by atoms with Gasteiger partial charge in [-0.2, -0.15) is 0 Å². The van der Waals surface area contributed by atoms with Crippen LogP contribution in [0, 0.1) is 0 Å². The highest BCUT2D eigenvalue weighted by molar-refractivity contribution is 6.37. The summed E-state index contributed by atoms with van der Waals surface area (Å²) < 4.78 is 5.82. The number of amides is 2. The zero-order chi connectivity index (χ0) is 24.8. The molecule has 182 valence electrons. The number of hydrogen-bond acceptors (Lipinski definition) is 5. The standard InChI is InChI=1S/C24H26Cl2N2O6/c1-2-28(15-6-4-3-5-7-15)24(33)17-12-16(8-9-20(17)29)34-23-18(25)10-14(11-19(23)26)27-21(30)13-22(31)32/h8-12,15,29H,2-7,13H2,1H3,(H,27,30)(H,31,32). The van der Waals surface area contributed by atoms with Crippen LogP contribution >= 0.6 is 23.2 Å². The molecule has 1 aliphatic carbocycles. The van der Waals surface area contributed by atoms with Crippen LogP contribution in [0.15, 0.2) is 30.3 Å². The molecule has 0 spiro atoms. The Kier molecular flexibility index (Phi) is 8.63. The fourth-order valence-corrected chi connectivity index (χ4v) is 4.62. The number of benzene rings is 2. The van der Waals surface area contributed by atoms with Gasteiger partial charge in [0.15, 0.2) is 5.75 Å². The first-order chi connectivity index (χ1) is 16.2. The van der Waals surface area contributed by atoms with Crippen LogP contribution in [0.5, 0.6) is 17.2 Å². The molecule has 0 unspecified atom stereocenters. The van der Waals surface area contributed by atoms with Crippen LogP contribution in [0.4, 0.5) is 5.69 Å². The van der Waals surface area contributed by atoms with Crippen LogP contribution in [-0.4, -0.2) is 45.5 Å². The predicted octanol–water partition coefficient (Wildman–Crippen LogP) is 5.70. The van der Waals surface area contributed by atoms with E-state index in [2.05, 4.69) is 5.32 Å². The largest absolute Gasteiger partial charge is 0.507 e. The molecule has 0 radical (unpaired) electrons. The molecule has 0 aliphatic heterocycles. The topological polar surface area (TPSA) is 116 Å². The monoisotopic (exact) mass is 508 g/mol. The maximum Gasteiger partial charge on any atom is 0.312 e. The van der Waals surface area contributed by atoms with Crippen LogP contribution in [-0.2, 0) is 9.59 Å². The van der Waals surface area contributed by atoms with Gasteiger partial charge < -0.3 is 25.2 Å². The third-order valence-electron chi connectivity index (χ3n) is 5.63. The van der Waals surface area contributed by atoms with Gasteiger partial charge in [0.05, 0.1) is 15.6 Å². The van der Waals surface area contributed by atoms with Gasteiger partial charge in [-0.25, -0.2) is 0 Å². The van der Waals surface area contributed by atoms with Gasteiger partial charge in [0.2, 0.25) is 5.91 Å². The zero-order valence-corrected chi connectivity index (χ0v) is 20.2. The molecule has 2 aromatic carbocycles. The summed E-state index contributed by atoms with van der Waals surface area (Å²) in [4.78, 5) is 37.4. The van der Waals surface area contributed by atoms with Crippen LogP contribution in [0.2, 0.25) is 10.0 Å². The maximum absolute atomic E-state index is 13.2. The molecule has 8 nitrogen and oxygen atoms in total. The van der Waals surface area contributed by atoms with Gasteiger partial charge in [-0.05, 0) is 50.1 Å². The third-order valence-corrected chi connectivity index (χ3v) is 6.19. The minimum atomic E-state index is -1.27. The van der Waals surface area contributed by atoms with E-state index in [0.29, 0.717) is 6.54 Å². The number of phenolic OH excluding ortho intramolecular Hbond substituents is 1. The first-order valence-electron chi connectivity index (χ1n) is 11.0. The molecule has 0 aromatic heterocycles. The molecule has 3 rings (SSSR count). The molecule has 10 heteroatoms. The summed E-state index contributed by atoms with van der Waals surface area (Å²) in [6.45, 7) is 2.45. The SMILES string of the molecule is CCN(C(=O)c1cc(Oc2c(Cl)cc(NC(=O)CC(=O)O)cc2Cl)ccc1O)C1CCCCC1. The summed E-state index contributed by atoms with van der Waals surface area (Å²) in [5, 5.41) is 21.6. The van der Waals surface area contributed by atoms with E-state index in [0.717, 1.165) is 25.7 Å². The number of carboxylic acids is 1. The van der Waals surface area contributed by atoms with E-state index >= 15 is 0 Å². The molecule has 1 saturated carbocycles. The number of phenols is 1. The van der Waals surface area contributed by atoms with Crippen molar-refractivity contribution >= 4 is 46.7 Å². The fraction of sp³-hybridized carbons (Fsp3) is 0.375. The average molecular weight is 509 g/mol. The van der Waals surface area contributed by atoms with Crippen molar-refractivity contribution in [3.8, 4) is 17.2 Å². The Bertz CT molecular complexity index is 1060. The predicted molar refractivity (Wildman–Crippen MR) is 129 cm³/mol. The van der Waals surface area contributed by atoms with Crippen LogP contribution in [0.3, 0.4) is 0 Å². The fourth-order valence-electron chi connectivity index (χ4n) is 4.05. The van der Waals surface area contributed by atoms with Gasteiger partial charge in [0, 0.05) is 18.3 Å². The summed E-state index contributed by atoms with van der Waals surface area (Å²) in [7, 11) is 0. The zero-order valence-electron chi connectivity index (χ0n) is 18.6. The average Bonchev–Trinajstić information content (AvgIpc) is 2.78. The molecule has 34 heavy (non-hydrogen) atoms. The quantitative estimate of drug-likeness (QED) is 0.393. The third kappa shape index (κ3) is 6.33. The molecule has 3 N–H and O–H groups in total. The summed E-state index contributed by atoms with van der Waals surface area (Å²) in [6, 6.07) is 7.19. The minimum absolute atomic E-state index is 0.0662. The lowest BCUT2D eigenvalue weighted by Gasteiger charge is -2.33. The number of halogens is 2. The number of ether oxygens (including phenoxy) is 1. The molecule has 2 amide bonds. The first kappa shape index (κ1) is 25.6. The van der Waals surface area contributed by atoms with Crippen LogP contribution in [0.1, 0.15) is 55.8 Å². The van der Waals surface area contributed by atoms with Gasteiger partial charge in [0.1, 0.15) is 17.9 Å². The smallest absolute Gasteiger partial charge is 0.312 e. The Balaban J connectivity index is 1.81. The van der Waals surface area contributed by atoms with Crippen molar-refractivity contribution < 1.29 is 29.3 Å². The summed E-state index contributed by atoms with van der Waals surface area (Å²) >= 11 is 12.6. The number of carbonyl (C=O) groups excluding carboxylic acids is 2. The Labute approximate surface area is 207 Å². The lowest BCUT2D eigenvalue weighted by atomic mass is 9.93. The number of hydrogen-bond donors (Lipinski definition) is 3. The van der Waals surface area contributed by atoms with Crippen molar-refractivity contribution in [2.24, 2.45) is 0 Å². The maximum atomic E-state index is 13.2. The summed E-state index contributed by atoms with van der Waals surface area (Å²) in [5.41, 5.74) is 0.330. The molecule has 0 atom stereocenters. The molecule has 1 aliphatic rings. The second-order valence-corrected chi connectivity index (χ2v) is 8.87. The second-order valence-electron chi connectivity index (χ2n) is 8.05. The number of carbonyl (C=O) groups is 3. The molecular formula is C24H26Cl2N2O6. The number of rotatable bonds is 8. The number of nitrogens with zero attached hydrogens (tertiary/aromatic N) is 1. The van der Waals surface area contributed by atoms with Crippen molar-refractivity contribution in [2.45, 2.75) is 51.5 Å². The highest BCUT2D eigenvalue weighted by Gasteiger charge is 2.27. The molecule has 0 heterocycles. The van der Waals surface area contributed by atoms with Crippen LogP contribution < -0.4 is 10.1 Å². The highest BCUT2D eigenvalue weighted by Crippen LogP contribution is 2.40. The van der Waals surface area contributed by atoms with Crippen molar-refractivity contribution in [1.29, 1.82) is 0 Å². The first-order valence-corrected chi connectivity index (χ1v) is 11.8. The molecule has 0 bridgehead atoms. The van der Waals surface area contributed by atoms with E-state index in [1.807, 2.05) is 6.92 Å². The molecule has 0 saturated heterocycles. The lowest BCUT2D eigenvalue weighted by Crippen LogP contribution is -2.41. The van der Waals surface area contributed by atoms with Crippen molar-refractivity contribution in [3.63, 3.8) is 0 Å². The van der Waals surface area contributed by atoms with Crippen molar-refractivity contribution in [2.75, 3.05) is 11.9 Å². The minimum Gasteiger partial charge on any atom is -0.507 e. The number of nitrogens with one attached hydrogen (secondary N) is 1. The van der Waals surface area contributed by atoms with E-state index in [4.69, 9.17) is 33.0 Å². The molecule has 1 fully saturated rings. The number of anilines is 1. The summed E-state index contributed by atoms with van der Waals surface area (Å²) in [5.74, 6) is -2.09. The summed E-state index contributed by atoms with van der Waals surface area (Å²) in [6.07, 6.45) is 4.50. The Hall–Kier alpha value is -2.97. The Morgan fingerprint density at radius 1 is 1.09 bits per heavy atom. The number of aromatic hydroxyl groups is 1. The highest BCUT2D eigenvalue weighted by atomic mass is 35.5. The van der Waals surface area contributed by atoms with E-state index in [1.165, 1.54) is 36.8 Å².